The predicted octanol–water partition coefficient (Wildman–Crippen LogP) is 4.85. The van der Waals surface area contributed by atoms with Crippen molar-refractivity contribution in [3.8, 4) is 5.75 Å². The Morgan fingerprint density at radius 3 is 2.36 bits per heavy atom. The van der Waals surface area contributed by atoms with Gasteiger partial charge in [0.2, 0.25) is 0 Å². The smallest absolute Gasteiger partial charge is 0.295 e. The Morgan fingerprint density at radius 1 is 1.15 bits per heavy atom. The molecule has 3 rings (SSSR count). The van der Waals surface area contributed by atoms with Crippen molar-refractivity contribution in [1.82, 2.24) is 9.80 Å². The van der Waals surface area contributed by atoms with E-state index in [1.54, 1.807) is 18.2 Å². The molecular weight excluding hydrogens is 440 g/mol. The number of rotatable bonds is 8. The summed E-state index contributed by atoms with van der Waals surface area (Å²) in [5.41, 5.74) is 2.35. The molecule has 0 radical (unpaired) electrons. The maximum absolute atomic E-state index is 13.1. The van der Waals surface area contributed by atoms with E-state index in [4.69, 9.17) is 16.3 Å². The fraction of sp³-hybridized carbons (Fsp3) is 0.385. The Labute approximate surface area is 200 Å². The van der Waals surface area contributed by atoms with Gasteiger partial charge in [0, 0.05) is 18.7 Å². The van der Waals surface area contributed by atoms with E-state index in [1.165, 1.54) is 4.90 Å². The summed E-state index contributed by atoms with van der Waals surface area (Å²) in [4.78, 5) is 29.6. The van der Waals surface area contributed by atoms with Gasteiger partial charge in [-0.1, -0.05) is 49.7 Å². The van der Waals surface area contributed by atoms with Crippen molar-refractivity contribution in [2.75, 3.05) is 33.8 Å². The number of carbonyl (C=O) groups is 2. The molecule has 1 saturated heterocycles. The fourth-order valence-corrected chi connectivity index (χ4v) is 4.14. The van der Waals surface area contributed by atoms with Gasteiger partial charge in [0.15, 0.2) is 0 Å². The number of Topliss-reactive ketones (excluding diaryl/α,β-unsaturated/α-hetero) is 1. The van der Waals surface area contributed by atoms with E-state index in [1.807, 2.05) is 50.2 Å². The molecule has 176 valence electrons. The molecule has 1 aliphatic heterocycles. The summed E-state index contributed by atoms with van der Waals surface area (Å²) in [7, 11) is 3.82. The number of aliphatic hydroxyl groups is 1. The van der Waals surface area contributed by atoms with Gasteiger partial charge in [0.25, 0.3) is 11.7 Å². The molecule has 1 fully saturated rings. The standard InChI is InChI=1S/C26H31ClN2O4/c1-6-33-21-12-11-19(15-20(21)27)24(30)22-23(18-9-7-17(8-10-18)16(2)3)29(14-13-28(4)5)26(32)25(22)31/h7-12,15-16,23,30H,6,13-14H2,1-5H3/t23-/m0/s1. The van der Waals surface area contributed by atoms with Crippen LogP contribution in [0.25, 0.3) is 5.76 Å². The molecular formula is C26H31ClN2O4. The minimum absolute atomic E-state index is 0.0660. The highest BCUT2D eigenvalue weighted by Gasteiger charge is 2.45. The predicted molar refractivity (Wildman–Crippen MR) is 131 cm³/mol. The Kier molecular flexibility index (Phi) is 7.82. The van der Waals surface area contributed by atoms with Crippen LogP contribution in [0.3, 0.4) is 0 Å². The van der Waals surface area contributed by atoms with Gasteiger partial charge in [-0.25, -0.2) is 0 Å². The zero-order valence-corrected chi connectivity index (χ0v) is 20.5. The van der Waals surface area contributed by atoms with Gasteiger partial charge in [0.1, 0.15) is 11.5 Å². The molecule has 1 N–H and O–H groups in total. The van der Waals surface area contributed by atoms with E-state index in [0.29, 0.717) is 41.9 Å². The Hall–Kier alpha value is -2.83. The summed E-state index contributed by atoms with van der Waals surface area (Å²) in [5.74, 6) is -0.723. The van der Waals surface area contributed by atoms with Crippen LogP contribution in [0.15, 0.2) is 48.0 Å². The van der Waals surface area contributed by atoms with Gasteiger partial charge >= 0.3 is 0 Å². The molecule has 2 aromatic carbocycles. The molecule has 1 aliphatic rings. The van der Waals surface area contributed by atoms with Crippen molar-refractivity contribution in [1.29, 1.82) is 0 Å². The number of aliphatic hydroxyl groups excluding tert-OH is 1. The van der Waals surface area contributed by atoms with Gasteiger partial charge in [-0.05, 0) is 56.3 Å². The number of ether oxygens (including phenoxy) is 1. The van der Waals surface area contributed by atoms with Crippen LogP contribution < -0.4 is 4.74 Å². The number of benzene rings is 2. The number of ketones is 1. The molecule has 0 unspecified atom stereocenters. The van der Waals surface area contributed by atoms with E-state index in [0.717, 1.165) is 11.1 Å². The van der Waals surface area contributed by atoms with Gasteiger partial charge < -0.3 is 19.6 Å². The topological polar surface area (TPSA) is 70.1 Å². The van der Waals surface area contributed by atoms with Crippen LogP contribution in [-0.4, -0.2) is 60.4 Å². The van der Waals surface area contributed by atoms with Crippen molar-refractivity contribution < 1.29 is 19.4 Å². The first-order chi connectivity index (χ1) is 15.6. The summed E-state index contributed by atoms with van der Waals surface area (Å²) in [6.45, 7) is 7.46. The molecule has 0 bridgehead atoms. The lowest BCUT2D eigenvalue weighted by atomic mass is 9.93. The molecule has 33 heavy (non-hydrogen) atoms. The van der Waals surface area contributed by atoms with Crippen LogP contribution in [0.1, 0.15) is 49.4 Å². The number of halogens is 1. The highest BCUT2D eigenvalue weighted by atomic mass is 35.5. The maximum atomic E-state index is 13.1. The fourth-order valence-electron chi connectivity index (χ4n) is 3.90. The van der Waals surface area contributed by atoms with E-state index >= 15 is 0 Å². The third kappa shape index (κ3) is 5.23. The molecule has 7 heteroatoms. The molecule has 1 atom stereocenters. The van der Waals surface area contributed by atoms with Crippen LogP contribution in [0.4, 0.5) is 0 Å². The van der Waals surface area contributed by atoms with E-state index in [9.17, 15) is 14.7 Å². The Bertz CT molecular complexity index is 1060. The van der Waals surface area contributed by atoms with Crippen LogP contribution >= 0.6 is 11.6 Å². The van der Waals surface area contributed by atoms with Gasteiger partial charge in [-0.2, -0.15) is 0 Å². The summed E-state index contributed by atoms with van der Waals surface area (Å²) < 4.78 is 5.46. The summed E-state index contributed by atoms with van der Waals surface area (Å²) in [6, 6.07) is 12.0. The number of likely N-dealkylation sites (tertiary alicyclic amines) is 1. The van der Waals surface area contributed by atoms with E-state index in [2.05, 4.69) is 13.8 Å². The third-order valence-electron chi connectivity index (χ3n) is 5.75. The van der Waals surface area contributed by atoms with E-state index in [-0.39, 0.29) is 11.3 Å². The minimum atomic E-state index is -0.700. The van der Waals surface area contributed by atoms with Crippen LogP contribution in [0.5, 0.6) is 5.75 Å². The van der Waals surface area contributed by atoms with Crippen LogP contribution in [-0.2, 0) is 9.59 Å². The summed E-state index contributed by atoms with van der Waals surface area (Å²) >= 11 is 6.31. The highest BCUT2D eigenvalue weighted by Crippen LogP contribution is 2.40. The van der Waals surface area contributed by atoms with E-state index < -0.39 is 17.7 Å². The van der Waals surface area contributed by atoms with Crippen LogP contribution in [0, 0.1) is 0 Å². The Morgan fingerprint density at radius 2 is 1.82 bits per heavy atom. The van der Waals surface area contributed by atoms with Crippen LogP contribution in [0.2, 0.25) is 5.02 Å². The second-order valence-corrected chi connectivity index (χ2v) is 9.10. The molecule has 0 aliphatic carbocycles. The first-order valence-corrected chi connectivity index (χ1v) is 11.5. The number of nitrogens with zero attached hydrogens (tertiary/aromatic N) is 2. The lowest BCUT2D eigenvalue weighted by Gasteiger charge is -2.27. The lowest BCUT2D eigenvalue weighted by molar-refractivity contribution is -0.140. The second kappa shape index (κ2) is 10.4. The lowest BCUT2D eigenvalue weighted by Crippen LogP contribution is -2.35. The summed E-state index contributed by atoms with van der Waals surface area (Å²) in [6.07, 6.45) is 0. The van der Waals surface area contributed by atoms with Crippen molar-refractivity contribution in [3.05, 3.63) is 69.8 Å². The van der Waals surface area contributed by atoms with Gasteiger partial charge in [-0.15, -0.1) is 0 Å². The first kappa shape index (κ1) is 24.8. The maximum Gasteiger partial charge on any atom is 0.295 e. The molecule has 2 aromatic rings. The van der Waals surface area contributed by atoms with Crippen molar-refractivity contribution in [2.45, 2.75) is 32.7 Å². The largest absolute Gasteiger partial charge is 0.507 e. The average Bonchev–Trinajstić information content (AvgIpc) is 3.03. The van der Waals surface area contributed by atoms with Crippen molar-refractivity contribution >= 4 is 29.1 Å². The third-order valence-corrected chi connectivity index (χ3v) is 6.05. The molecule has 1 amide bonds. The number of carbonyl (C=O) groups excluding carboxylic acids is 2. The van der Waals surface area contributed by atoms with Gasteiger partial charge in [0.05, 0.1) is 23.2 Å². The molecule has 1 heterocycles. The molecule has 0 spiro atoms. The van der Waals surface area contributed by atoms with Crippen molar-refractivity contribution in [3.63, 3.8) is 0 Å². The molecule has 0 aromatic heterocycles. The number of likely N-dealkylation sites (N-methyl/N-ethyl adjacent to an activating group) is 1. The zero-order chi connectivity index (χ0) is 24.3. The SMILES string of the molecule is CCOc1ccc(C(O)=C2C(=O)C(=O)N(CCN(C)C)[C@H]2c2ccc(C(C)C)cc2)cc1Cl. The number of amides is 1. The molecule has 6 nitrogen and oxygen atoms in total. The second-order valence-electron chi connectivity index (χ2n) is 8.70. The number of hydrogen-bond donors (Lipinski definition) is 1. The molecule has 0 saturated carbocycles. The number of hydrogen-bond acceptors (Lipinski definition) is 5. The van der Waals surface area contributed by atoms with Crippen molar-refractivity contribution in [2.24, 2.45) is 0 Å². The first-order valence-electron chi connectivity index (χ1n) is 11.1. The zero-order valence-electron chi connectivity index (χ0n) is 19.8. The minimum Gasteiger partial charge on any atom is -0.507 e. The summed E-state index contributed by atoms with van der Waals surface area (Å²) in [5, 5.41) is 11.5. The average molecular weight is 471 g/mol. The van der Waals surface area contributed by atoms with Gasteiger partial charge in [-0.3, -0.25) is 9.59 Å². The normalized spacial score (nSPS) is 17.9. The highest BCUT2D eigenvalue weighted by molar-refractivity contribution is 6.46. The monoisotopic (exact) mass is 470 g/mol. The Balaban J connectivity index is 2.12. The quantitative estimate of drug-likeness (QED) is 0.339.